The van der Waals surface area contributed by atoms with Crippen LogP contribution in [0.1, 0.15) is 19.4 Å². The summed E-state index contributed by atoms with van der Waals surface area (Å²) in [7, 11) is 0. The zero-order chi connectivity index (χ0) is 16.8. The third-order valence-corrected chi connectivity index (χ3v) is 3.71. The Kier molecular flexibility index (Phi) is 5.70. The molecule has 7 heteroatoms. The summed E-state index contributed by atoms with van der Waals surface area (Å²) >= 11 is 0. The quantitative estimate of drug-likeness (QED) is 0.736. The van der Waals surface area contributed by atoms with E-state index in [2.05, 4.69) is 29.4 Å². The Morgan fingerprint density at radius 2 is 2.04 bits per heavy atom. The van der Waals surface area contributed by atoms with Gasteiger partial charge in [-0.2, -0.15) is 0 Å². The molecular formula is C16H22N4O3. The van der Waals surface area contributed by atoms with Gasteiger partial charge in [0.05, 0.1) is 0 Å². The van der Waals surface area contributed by atoms with Crippen molar-refractivity contribution in [3.8, 4) is 0 Å². The molecule has 1 aliphatic heterocycles. The molecule has 0 aromatic heterocycles. The lowest BCUT2D eigenvalue weighted by Crippen LogP contribution is -2.35. The van der Waals surface area contributed by atoms with E-state index in [4.69, 9.17) is 0 Å². The Balaban J connectivity index is 1.93. The SMILES string of the molecule is CCN(CC)Cc1cccc(NC(=O)CN2CC(=O)NC2=O)c1. The van der Waals surface area contributed by atoms with Gasteiger partial charge < -0.3 is 10.2 Å². The van der Waals surface area contributed by atoms with Gasteiger partial charge in [-0.1, -0.05) is 26.0 Å². The number of amides is 4. The van der Waals surface area contributed by atoms with Crippen LogP contribution >= 0.6 is 0 Å². The van der Waals surface area contributed by atoms with Crippen molar-refractivity contribution in [3.63, 3.8) is 0 Å². The minimum absolute atomic E-state index is 0.0751. The molecule has 0 bridgehead atoms. The molecule has 2 rings (SSSR count). The molecule has 0 saturated carbocycles. The van der Waals surface area contributed by atoms with Gasteiger partial charge in [0.2, 0.25) is 11.8 Å². The summed E-state index contributed by atoms with van der Waals surface area (Å²) in [5, 5.41) is 4.91. The van der Waals surface area contributed by atoms with Crippen molar-refractivity contribution in [2.24, 2.45) is 0 Å². The fourth-order valence-corrected chi connectivity index (χ4v) is 2.44. The van der Waals surface area contributed by atoms with Gasteiger partial charge >= 0.3 is 6.03 Å². The van der Waals surface area contributed by atoms with Gasteiger partial charge in [-0.05, 0) is 30.8 Å². The number of anilines is 1. The lowest BCUT2D eigenvalue weighted by atomic mass is 10.2. The zero-order valence-electron chi connectivity index (χ0n) is 13.5. The smallest absolute Gasteiger partial charge is 0.325 e. The normalized spacial score (nSPS) is 14.3. The summed E-state index contributed by atoms with van der Waals surface area (Å²) in [4.78, 5) is 38.0. The van der Waals surface area contributed by atoms with Gasteiger partial charge in [-0.3, -0.25) is 19.8 Å². The minimum Gasteiger partial charge on any atom is -0.325 e. The first kappa shape index (κ1) is 17.0. The number of rotatable bonds is 7. The molecule has 1 heterocycles. The summed E-state index contributed by atoms with van der Waals surface area (Å²) in [6.07, 6.45) is 0. The molecule has 0 unspecified atom stereocenters. The van der Waals surface area contributed by atoms with Gasteiger partial charge in [0.1, 0.15) is 13.1 Å². The van der Waals surface area contributed by atoms with E-state index in [9.17, 15) is 14.4 Å². The molecule has 23 heavy (non-hydrogen) atoms. The van der Waals surface area contributed by atoms with Crippen molar-refractivity contribution >= 4 is 23.5 Å². The molecule has 1 aliphatic rings. The molecule has 0 spiro atoms. The lowest BCUT2D eigenvalue weighted by Gasteiger charge is -2.18. The molecule has 0 atom stereocenters. The van der Waals surface area contributed by atoms with E-state index >= 15 is 0 Å². The number of carbonyl (C=O) groups excluding carboxylic acids is 3. The van der Waals surface area contributed by atoms with E-state index in [1.807, 2.05) is 18.2 Å². The summed E-state index contributed by atoms with van der Waals surface area (Å²) < 4.78 is 0. The van der Waals surface area contributed by atoms with Gasteiger partial charge in [0.25, 0.3) is 0 Å². The third kappa shape index (κ3) is 4.79. The molecule has 1 saturated heterocycles. The fourth-order valence-electron chi connectivity index (χ4n) is 2.44. The Morgan fingerprint density at radius 3 is 2.65 bits per heavy atom. The molecule has 1 aromatic carbocycles. The number of imide groups is 1. The number of carbonyl (C=O) groups is 3. The number of benzene rings is 1. The molecule has 2 N–H and O–H groups in total. The first-order chi connectivity index (χ1) is 11.0. The molecule has 1 aromatic rings. The van der Waals surface area contributed by atoms with Crippen molar-refractivity contribution in [3.05, 3.63) is 29.8 Å². The van der Waals surface area contributed by atoms with E-state index in [0.717, 1.165) is 25.2 Å². The summed E-state index contributed by atoms with van der Waals surface area (Å²) in [5.41, 5.74) is 1.80. The monoisotopic (exact) mass is 318 g/mol. The molecule has 1 fully saturated rings. The van der Waals surface area contributed by atoms with E-state index in [1.54, 1.807) is 6.07 Å². The highest BCUT2D eigenvalue weighted by atomic mass is 16.2. The highest BCUT2D eigenvalue weighted by molar-refractivity contribution is 6.04. The number of hydrogen-bond donors (Lipinski definition) is 2. The molecule has 4 amide bonds. The number of hydrogen-bond acceptors (Lipinski definition) is 4. The number of nitrogens with zero attached hydrogens (tertiary/aromatic N) is 2. The topological polar surface area (TPSA) is 81.8 Å². The zero-order valence-corrected chi connectivity index (χ0v) is 13.5. The highest BCUT2D eigenvalue weighted by Crippen LogP contribution is 2.13. The predicted octanol–water partition coefficient (Wildman–Crippen LogP) is 1.02. The minimum atomic E-state index is -0.527. The third-order valence-electron chi connectivity index (χ3n) is 3.71. The van der Waals surface area contributed by atoms with Gasteiger partial charge in [-0.25, -0.2) is 4.79 Å². The average molecular weight is 318 g/mol. The Bertz CT molecular complexity index is 599. The van der Waals surface area contributed by atoms with Gasteiger partial charge in [-0.15, -0.1) is 0 Å². The largest absolute Gasteiger partial charge is 0.325 e. The predicted molar refractivity (Wildman–Crippen MR) is 86.8 cm³/mol. The second-order valence-corrected chi connectivity index (χ2v) is 5.42. The van der Waals surface area contributed by atoms with Gasteiger partial charge in [0.15, 0.2) is 0 Å². The Morgan fingerprint density at radius 1 is 1.30 bits per heavy atom. The van der Waals surface area contributed by atoms with Crippen molar-refractivity contribution in [1.29, 1.82) is 0 Å². The van der Waals surface area contributed by atoms with E-state index in [0.29, 0.717) is 5.69 Å². The van der Waals surface area contributed by atoms with Crippen LogP contribution in [0.5, 0.6) is 0 Å². The maximum Gasteiger partial charge on any atom is 0.325 e. The lowest BCUT2D eigenvalue weighted by molar-refractivity contribution is -0.119. The van der Waals surface area contributed by atoms with Crippen molar-refractivity contribution < 1.29 is 14.4 Å². The standard InChI is InChI=1S/C16H22N4O3/c1-3-19(4-2)9-12-6-5-7-13(8-12)17-14(21)10-20-11-15(22)18-16(20)23/h5-8H,3-4,9-11H2,1-2H3,(H,17,21)(H,18,22,23). The van der Waals surface area contributed by atoms with Crippen LogP contribution in [-0.4, -0.2) is 53.8 Å². The molecule has 0 radical (unpaired) electrons. The molecule has 124 valence electrons. The maximum atomic E-state index is 12.0. The number of urea groups is 1. The summed E-state index contributed by atoms with van der Waals surface area (Å²) in [5.74, 6) is -0.709. The van der Waals surface area contributed by atoms with Crippen molar-refractivity contribution in [2.75, 3.05) is 31.5 Å². The van der Waals surface area contributed by atoms with Crippen LogP contribution in [0.3, 0.4) is 0 Å². The van der Waals surface area contributed by atoms with Crippen molar-refractivity contribution in [2.45, 2.75) is 20.4 Å². The van der Waals surface area contributed by atoms with E-state index < -0.39 is 6.03 Å². The van der Waals surface area contributed by atoms with E-state index in [1.165, 1.54) is 4.90 Å². The number of nitrogens with one attached hydrogen (secondary N) is 2. The Labute approximate surface area is 135 Å². The van der Waals surface area contributed by atoms with Crippen molar-refractivity contribution in [1.82, 2.24) is 15.1 Å². The van der Waals surface area contributed by atoms with E-state index in [-0.39, 0.29) is 24.9 Å². The van der Waals surface area contributed by atoms with Crippen LogP contribution in [0.2, 0.25) is 0 Å². The first-order valence-corrected chi connectivity index (χ1v) is 7.71. The van der Waals surface area contributed by atoms with Crippen LogP contribution < -0.4 is 10.6 Å². The average Bonchev–Trinajstić information content (AvgIpc) is 2.82. The second kappa shape index (κ2) is 7.73. The van der Waals surface area contributed by atoms with Gasteiger partial charge in [0, 0.05) is 12.2 Å². The maximum absolute atomic E-state index is 12.0. The van der Waals surface area contributed by atoms with Crippen LogP contribution in [0.25, 0.3) is 0 Å². The molecule has 7 nitrogen and oxygen atoms in total. The molecule has 0 aliphatic carbocycles. The van der Waals surface area contributed by atoms with Crippen LogP contribution in [-0.2, 0) is 16.1 Å². The summed E-state index contributed by atoms with van der Waals surface area (Å²) in [6.45, 7) is 6.75. The second-order valence-electron chi connectivity index (χ2n) is 5.42. The van der Waals surface area contributed by atoms with Crippen LogP contribution in [0.4, 0.5) is 10.5 Å². The first-order valence-electron chi connectivity index (χ1n) is 7.71. The fraction of sp³-hybridized carbons (Fsp3) is 0.438. The summed E-state index contributed by atoms with van der Waals surface area (Å²) in [6, 6.07) is 7.10. The molecular weight excluding hydrogens is 296 g/mol. The Hall–Kier alpha value is -2.41. The van der Waals surface area contributed by atoms with Crippen LogP contribution in [0.15, 0.2) is 24.3 Å². The van der Waals surface area contributed by atoms with Crippen LogP contribution in [0, 0.1) is 0 Å². The highest BCUT2D eigenvalue weighted by Gasteiger charge is 2.28.